The molecule has 5 heteroatoms. The van der Waals surface area contributed by atoms with Crippen molar-refractivity contribution in [1.29, 1.82) is 0 Å². The highest BCUT2D eigenvalue weighted by atomic mass is 32.2. The number of nitrogens with zero attached hydrogens (tertiary/aromatic N) is 1. The van der Waals surface area contributed by atoms with Gasteiger partial charge in [0, 0.05) is 19.3 Å². The lowest BCUT2D eigenvalue weighted by Gasteiger charge is -2.28. The molecule has 0 bridgehead atoms. The largest absolute Gasteiger partial charge is 0.397 e. The lowest BCUT2D eigenvalue weighted by atomic mass is 10.0. The first kappa shape index (κ1) is 16.8. The molecule has 1 aromatic carbocycles. The van der Waals surface area contributed by atoms with Crippen molar-refractivity contribution in [2.75, 3.05) is 30.0 Å². The average Bonchev–Trinajstić information content (AvgIpc) is 2.40. The summed E-state index contributed by atoms with van der Waals surface area (Å²) in [5.74, 6) is 0.629. The van der Waals surface area contributed by atoms with Gasteiger partial charge >= 0.3 is 0 Å². The van der Waals surface area contributed by atoms with Crippen LogP contribution in [0.4, 0.5) is 11.4 Å². The standard InChI is InChI=1S/C15H26N2O2S/c1-5-12(6-2)11-17(7-3)15-9-8-13(10-14(15)16)20(4,18)19/h8-10,12H,5-7,11,16H2,1-4H3. The SMILES string of the molecule is CCC(CC)CN(CC)c1ccc(S(C)(=O)=O)cc1N. The van der Waals surface area contributed by atoms with Crippen LogP contribution < -0.4 is 10.6 Å². The lowest BCUT2D eigenvalue weighted by Crippen LogP contribution is -2.29. The van der Waals surface area contributed by atoms with Gasteiger partial charge in [0.25, 0.3) is 0 Å². The van der Waals surface area contributed by atoms with Gasteiger partial charge in [0.05, 0.1) is 16.3 Å². The van der Waals surface area contributed by atoms with Crippen molar-refractivity contribution >= 4 is 21.2 Å². The van der Waals surface area contributed by atoms with E-state index < -0.39 is 9.84 Å². The highest BCUT2D eigenvalue weighted by Crippen LogP contribution is 2.27. The Labute approximate surface area is 122 Å². The maximum atomic E-state index is 11.5. The molecule has 0 radical (unpaired) electrons. The van der Waals surface area contributed by atoms with E-state index in [2.05, 4.69) is 25.7 Å². The molecular weight excluding hydrogens is 272 g/mol. The van der Waals surface area contributed by atoms with E-state index in [1.54, 1.807) is 12.1 Å². The van der Waals surface area contributed by atoms with Crippen LogP contribution in [0.1, 0.15) is 33.6 Å². The number of sulfone groups is 1. The van der Waals surface area contributed by atoms with Crippen LogP contribution in [0, 0.1) is 5.92 Å². The first-order valence-electron chi connectivity index (χ1n) is 7.17. The Morgan fingerprint density at radius 2 is 1.80 bits per heavy atom. The van der Waals surface area contributed by atoms with Gasteiger partial charge < -0.3 is 10.6 Å². The number of nitrogens with two attached hydrogens (primary N) is 1. The Hall–Kier alpha value is -1.23. The van der Waals surface area contributed by atoms with E-state index in [0.29, 0.717) is 11.6 Å². The fourth-order valence-corrected chi connectivity index (χ4v) is 2.96. The Balaban J connectivity index is 3.05. The highest BCUT2D eigenvalue weighted by Gasteiger charge is 2.15. The van der Waals surface area contributed by atoms with Gasteiger partial charge in [0.15, 0.2) is 9.84 Å². The third-order valence-electron chi connectivity index (χ3n) is 3.78. The number of anilines is 2. The molecule has 1 rings (SSSR count). The van der Waals surface area contributed by atoms with Crippen LogP contribution in [-0.2, 0) is 9.84 Å². The molecule has 0 atom stereocenters. The fourth-order valence-electron chi connectivity index (χ4n) is 2.31. The van der Waals surface area contributed by atoms with E-state index in [1.807, 2.05) is 6.07 Å². The molecule has 0 saturated carbocycles. The predicted octanol–water partition coefficient (Wildman–Crippen LogP) is 2.93. The summed E-state index contributed by atoms with van der Waals surface area (Å²) in [6, 6.07) is 5.01. The quantitative estimate of drug-likeness (QED) is 0.786. The van der Waals surface area contributed by atoms with Crippen molar-refractivity contribution < 1.29 is 8.42 Å². The normalized spacial score (nSPS) is 11.8. The minimum atomic E-state index is -3.21. The first-order chi connectivity index (χ1) is 9.33. The van der Waals surface area contributed by atoms with Gasteiger partial charge in [-0.05, 0) is 31.0 Å². The second kappa shape index (κ2) is 6.97. The molecule has 0 saturated heterocycles. The highest BCUT2D eigenvalue weighted by molar-refractivity contribution is 7.90. The second-order valence-electron chi connectivity index (χ2n) is 5.21. The predicted molar refractivity (Wildman–Crippen MR) is 85.9 cm³/mol. The summed E-state index contributed by atoms with van der Waals surface area (Å²) in [4.78, 5) is 2.50. The zero-order valence-electron chi connectivity index (χ0n) is 12.9. The summed E-state index contributed by atoms with van der Waals surface area (Å²) >= 11 is 0. The molecule has 0 spiro atoms. The molecule has 0 aliphatic rings. The van der Waals surface area contributed by atoms with E-state index >= 15 is 0 Å². The number of hydrogen-bond donors (Lipinski definition) is 1. The summed E-state index contributed by atoms with van der Waals surface area (Å²) < 4.78 is 23.1. The molecule has 20 heavy (non-hydrogen) atoms. The third-order valence-corrected chi connectivity index (χ3v) is 4.89. The van der Waals surface area contributed by atoms with E-state index in [-0.39, 0.29) is 4.90 Å². The zero-order valence-corrected chi connectivity index (χ0v) is 13.7. The van der Waals surface area contributed by atoms with Crippen LogP contribution in [0.25, 0.3) is 0 Å². The van der Waals surface area contributed by atoms with Crippen molar-refractivity contribution in [3.05, 3.63) is 18.2 Å². The van der Waals surface area contributed by atoms with Gasteiger partial charge in [-0.2, -0.15) is 0 Å². The van der Waals surface area contributed by atoms with Crippen molar-refractivity contribution in [2.24, 2.45) is 5.92 Å². The van der Waals surface area contributed by atoms with Crippen LogP contribution in [0.5, 0.6) is 0 Å². The van der Waals surface area contributed by atoms with E-state index in [4.69, 9.17) is 5.73 Å². The van der Waals surface area contributed by atoms with Crippen LogP contribution in [0.15, 0.2) is 23.1 Å². The molecule has 114 valence electrons. The minimum absolute atomic E-state index is 0.275. The average molecular weight is 298 g/mol. The Bertz CT molecular complexity index is 537. The third kappa shape index (κ3) is 4.13. The maximum absolute atomic E-state index is 11.5. The van der Waals surface area contributed by atoms with Crippen LogP contribution in [0.3, 0.4) is 0 Å². The molecule has 0 aliphatic carbocycles. The van der Waals surface area contributed by atoms with Gasteiger partial charge in [-0.1, -0.05) is 26.7 Å². The fraction of sp³-hybridized carbons (Fsp3) is 0.600. The zero-order chi connectivity index (χ0) is 15.3. The molecule has 4 nitrogen and oxygen atoms in total. The minimum Gasteiger partial charge on any atom is -0.397 e. The Morgan fingerprint density at radius 3 is 2.20 bits per heavy atom. The summed E-state index contributed by atoms with van der Waals surface area (Å²) in [5, 5.41) is 0. The monoisotopic (exact) mass is 298 g/mol. The van der Waals surface area contributed by atoms with E-state index in [0.717, 1.165) is 31.6 Å². The van der Waals surface area contributed by atoms with Gasteiger partial charge in [0.1, 0.15) is 0 Å². The van der Waals surface area contributed by atoms with Crippen LogP contribution >= 0.6 is 0 Å². The van der Waals surface area contributed by atoms with Crippen molar-refractivity contribution in [2.45, 2.75) is 38.5 Å². The molecule has 0 aliphatic heterocycles. The number of nitrogen functional groups attached to an aromatic ring is 1. The van der Waals surface area contributed by atoms with Gasteiger partial charge in [-0.25, -0.2) is 8.42 Å². The van der Waals surface area contributed by atoms with Crippen LogP contribution in [-0.4, -0.2) is 27.8 Å². The molecule has 1 aromatic rings. The molecular formula is C15H26N2O2S. The molecule has 0 unspecified atom stereocenters. The topological polar surface area (TPSA) is 63.4 Å². The molecule has 0 heterocycles. The lowest BCUT2D eigenvalue weighted by molar-refractivity contribution is 0.486. The molecule has 0 fully saturated rings. The van der Waals surface area contributed by atoms with Gasteiger partial charge in [-0.3, -0.25) is 0 Å². The first-order valence-corrected chi connectivity index (χ1v) is 9.07. The number of hydrogen-bond acceptors (Lipinski definition) is 4. The summed E-state index contributed by atoms with van der Waals surface area (Å²) in [6.07, 6.45) is 3.46. The summed E-state index contributed by atoms with van der Waals surface area (Å²) in [6.45, 7) is 8.29. The molecule has 0 amide bonds. The van der Waals surface area contributed by atoms with Gasteiger partial charge in [-0.15, -0.1) is 0 Å². The van der Waals surface area contributed by atoms with E-state index in [1.165, 1.54) is 6.26 Å². The smallest absolute Gasteiger partial charge is 0.175 e. The maximum Gasteiger partial charge on any atom is 0.175 e. The summed E-state index contributed by atoms with van der Waals surface area (Å²) in [7, 11) is -3.21. The summed E-state index contributed by atoms with van der Waals surface area (Å²) in [5.41, 5.74) is 7.50. The number of rotatable bonds is 7. The molecule has 2 N–H and O–H groups in total. The van der Waals surface area contributed by atoms with Crippen LogP contribution in [0.2, 0.25) is 0 Å². The van der Waals surface area contributed by atoms with Gasteiger partial charge in [0.2, 0.25) is 0 Å². The van der Waals surface area contributed by atoms with E-state index in [9.17, 15) is 8.42 Å². The Kier molecular flexibility index (Phi) is 5.87. The second-order valence-corrected chi connectivity index (χ2v) is 7.23. The van der Waals surface area contributed by atoms with Crippen molar-refractivity contribution in [3.63, 3.8) is 0 Å². The molecule has 0 aromatic heterocycles. The number of benzene rings is 1. The Morgan fingerprint density at radius 1 is 1.20 bits per heavy atom. The van der Waals surface area contributed by atoms with Crippen molar-refractivity contribution in [3.8, 4) is 0 Å². The van der Waals surface area contributed by atoms with Crippen molar-refractivity contribution in [1.82, 2.24) is 0 Å².